The van der Waals surface area contributed by atoms with Gasteiger partial charge in [-0.15, -0.1) is 0 Å². The number of anilines is 1. The smallest absolute Gasteiger partial charge is 0.260 e. The molecule has 0 radical (unpaired) electrons. The van der Waals surface area contributed by atoms with E-state index < -0.39 is 0 Å². The Morgan fingerprint density at radius 1 is 1.11 bits per heavy atom. The third-order valence-electron chi connectivity index (χ3n) is 5.39. The van der Waals surface area contributed by atoms with Gasteiger partial charge >= 0.3 is 0 Å². The molecule has 28 heavy (non-hydrogen) atoms. The highest BCUT2D eigenvalue weighted by Crippen LogP contribution is 2.28. The van der Waals surface area contributed by atoms with Crippen LogP contribution < -0.4 is 9.64 Å². The summed E-state index contributed by atoms with van der Waals surface area (Å²) in [6.45, 7) is 8.75. The Kier molecular flexibility index (Phi) is 5.62. The van der Waals surface area contributed by atoms with E-state index in [1.54, 1.807) is 0 Å². The molecule has 4 rings (SSSR count). The normalized spacial score (nSPS) is 23.1. The average molecular weight is 384 g/mol. The van der Waals surface area contributed by atoms with Crippen molar-refractivity contribution in [1.82, 2.24) is 14.9 Å². The second kappa shape index (κ2) is 8.31. The molecule has 3 heterocycles. The van der Waals surface area contributed by atoms with E-state index in [1.165, 1.54) is 6.42 Å². The topological polar surface area (TPSA) is 67.8 Å². The highest BCUT2D eigenvalue weighted by atomic mass is 16.5. The maximum atomic E-state index is 12.7. The summed E-state index contributed by atoms with van der Waals surface area (Å²) in [5.74, 6) is 2.18. The Hall–Kier alpha value is -2.41. The molecule has 0 unspecified atom stereocenters. The van der Waals surface area contributed by atoms with Crippen LogP contribution in [0.25, 0.3) is 11.0 Å². The number of rotatable bonds is 4. The van der Waals surface area contributed by atoms with Crippen LogP contribution >= 0.6 is 0 Å². The number of amides is 1. The number of benzene rings is 1. The van der Waals surface area contributed by atoms with Crippen molar-refractivity contribution in [1.29, 1.82) is 0 Å². The van der Waals surface area contributed by atoms with Gasteiger partial charge in [-0.2, -0.15) is 0 Å². The first-order valence-electron chi connectivity index (χ1n) is 10.1. The van der Waals surface area contributed by atoms with E-state index >= 15 is 0 Å². The van der Waals surface area contributed by atoms with Crippen LogP contribution in [-0.4, -0.2) is 66.8 Å². The maximum Gasteiger partial charge on any atom is 0.260 e. The second-order valence-corrected chi connectivity index (χ2v) is 7.97. The zero-order valence-corrected chi connectivity index (χ0v) is 16.6. The van der Waals surface area contributed by atoms with Gasteiger partial charge in [-0.25, -0.2) is 9.97 Å². The molecule has 0 aliphatic carbocycles. The van der Waals surface area contributed by atoms with E-state index in [0.29, 0.717) is 36.7 Å². The van der Waals surface area contributed by atoms with Gasteiger partial charge in [0.15, 0.2) is 12.4 Å². The largest absolute Gasteiger partial charge is 0.465 e. The first kappa shape index (κ1) is 18.9. The van der Waals surface area contributed by atoms with E-state index in [1.807, 2.05) is 29.2 Å². The molecule has 1 amide bonds. The molecule has 1 aromatic heterocycles. The summed E-state index contributed by atoms with van der Waals surface area (Å²) in [6, 6.07) is 7.73. The molecule has 0 spiro atoms. The van der Waals surface area contributed by atoms with Gasteiger partial charge < -0.3 is 19.3 Å². The van der Waals surface area contributed by atoms with E-state index in [4.69, 9.17) is 14.5 Å². The van der Waals surface area contributed by atoms with Crippen molar-refractivity contribution < 1.29 is 14.3 Å². The van der Waals surface area contributed by atoms with E-state index in [-0.39, 0.29) is 12.5 Å². The molecule has 7 heteroatoms. The van der Waals surface area contributed by atoms with Crippen molar-refractivity contribution in [2.45, 2.75) is 20.3 Å². The highest BCUT2D eigenvalue weighted by molar-refractivity contribution is 5.79. The SMILES string of the molecule is C[C@@H]1C[C@@H](C)CN(C(=O)COc2nc3ccccc3nc2N2CCOCC2)C1. The summed E-state index contributed by atoms with van der Waals surface area (Å²) in [5.41, 5.74) is 1.59. The fraction of sp³-hybridized carbons (Fsp3) is 0.571. The lowest BCUT2D eigenvalue weighted by atomic mass is 9.92. The van der Waals surface area contributed by atoms with Crippen molar-refractivity contribution in [3.63, 3.8) is 0 Å². The monoisotopic (exact) mass is 384 g/mol. The maximum absolute atomic E-state index is 12.7. The minimum atomic E-state index is -0.0101. The molecule has 2 saturated heterocycles. The molecule has 150 valence electrons. The van der Waals surface area contributed by atoms with Crippen LogP contribution in [0.2, 0.25) is 0 Å². The molecule has 0 bridgehead atoms. The lowest BCUT2D eigenvalue weighted by Gasteiger charge is -2.35. The van der Waals surface area contributed by atoms with E-state index in [0.717, 1.165) is 37.2 Å². The molecule has 1 aromatic carbocycles. The number of carbonyl (C=O) groups is 1. The standard InChI is InChI=1S/C21H28N4O3/c1-15-11-16(2)13-25(12-15)19(26)14-28-21-20(24-7-9-27-10-8-24)22-17-5-3-4-6-18(17)23-21/h3-6,15-16H,7-14H2,1-2H3/t15-,16-/m1/s1. The van der Waals surface area contributed by atoms with E-state index in [9.17, 15) is 4.79 Å². The summed E-state index contributed by atoms with van der Waals surface area (Å²) in [7, 11) is 0. The molecular weight excluding hydrogens is 356 g/mol. The van der Waals surface area contributed by atoms with E-state index in [2.05, 4.69) is 23.7 Å². The van der Waals surface area contributed by atoms with Crippen LogP contribution in [0.1, 0.15) is 20.3 Å². The van der Waals surface area contributed by atoms with Crippen LogP contribution in [-0.2, 0) is 9.53 Å². The predicted octanol–water partition coefficient (Wildman–Crippen LogP) is 2.35. The Bertz CT molecular complexity index is 828. The zero-order valence-electron chi connectivity index (χ0n) is 16.6. The summed E-state index contributed by atoms with van der Waals surface area (Å²) < 4.78 is 11.4. The Balaban J connectivity index is 1.54. The molecule has 2 aromatic rings. The summed E-state index contributed by atoms with van der Waals surface area (Å²) in [6.07, 6.45) is 1.17. The first-order chi connectivity index (χ1) is 13.6. The van der Waals surface area contributed by atoms with Crippen molar-refractivity contribution >= 4 is 22.8 Å². The fourth-order valence-electron chi connectivity index (χ4n) is 4.14. The quantitative estimate of drug-likeness (QED) is 0.806. The average Bonchev–Trinajstić information content (AvgIpc) is 2.71. The van der Waals surface area contributed by atoms with Gasteiger partial charge in [-0.1, -0.05) is 26.0 Å². The van der Waals surface area contributed by atoms with Crippen molar-refractivity contribution in [2.75, 3.05) is 50.9 Å². The number of nitrogens with zero attached hydrogens (tertiary/aromatic N) is 4. The number of carbonyl (C=O) groups excluding carboxylic acids is 1. The predicted molar refractivity (Wildman–Crippen MR) is 108 cm³/mol. The number of para-hydroxylation sites is 2. The Morgan fingerprint density at radius 2 is 1.75 bits per heavy atom. The summed E-state index contributed by atoms with van der Waals surface area (Å²) in [4.78, 5) is 26.2. The highest BCUT2D eigenvalue weighted by Gasteiger charge is 2.26. The van der Waals surface area contributed by atoms with Gasteiger partial charge in [-0.3, -0.25) is 4.79 Å². The molecule has 0 N–H and O–H groups in total. The molecule has 2 aliphatic rings. The number of likely N-dealkylation sites (tertiary alicyclic amines) is 1. The van der Waals surface area contributed by atoms with Crippen LogP contribution in [0.4, 0.5) is 5.82 Å². The number of hydrogen-bond donors (Lipinski definition) is 0. The minimum Gasteiger partial charge on any atom is -0.465 e. The van der Waals surface area contributed by atoms with Crippen molar-refractivity contribution in [2.24, 2.45) is 11.8 Å². The lowest BCUT2D eigenvalue weighted by Crippen LogP contribution is -2.44. The number of morpholine rings is 1. The summed E-state index contributed by atoms with van der Waals surface area (Å²) >= 11 is 0. The Labute approximate surface area is 165 Å². The van der Waals surface area contributed by atoms with Crippen molar-refractivity contribution in [3.05, 3.63) is 24.3 Å². The zero-order chi connectivity index (χ0) is 19.5. The van der Waals surface area contributed by atoms with Crippen LogP contribution in [0, 0.1) is 11.8 Å². The number of hydrogen-bond acceptors (Lipinski definition) is 6. The lowest BCUT2D eigenvalue weighted by molar-refractivity contribution is -0.136. The van der Waals surface area contributed by atoms with Gasteiger partial charge in [0.05, 0.1) is 24.2 Å². The number of aromatic nitrogens is 2. The van der Waals surface area contributed by atoms with Gasteiger partial charge in [0, 0.05) is 26.2 Å². The molecule has 2 aliphatic heterocycles. The van der Waals surface area contributed by atoms with Crippen LogP contribution in [0.5, 0.6) is 5.88 Å². The number of fused-ring (bicyclic) bond motifs is 1. The fourth-order valence-corrected chi connectivity index (χ4v) is 4.14. The van der Waals surface area contributed by atoms with Crippen molar-refractivity contribution in [3.8, 4) is 5.88 Å². The second-order valence-electron chi connectivity index (χ2n) is 7.97. The molecule has 2 atom stereocenters. The molecular formula is C21H28N4O3. The Morgan fingerprint density at radius 3 is 2.43 bits per heavy atom. The first-order valence-corrected chi connectivity index (χ1v) is 10.1. The van der Waals surface area contributed by atoms with Gasteiger partial charge in [0.1, 0.15) is 0 Å². The molecule has 7 nitrogen and oxygen atoms in total. The van der Waals surface area contributed by atoms with Gasteiger partial charge in [0.25, 0.3) is 11.8 Å². The van der Waals surface area contributed by atoms with Gasteiger partial charge in [0.2, 0.25) is 0 Å². The molecule has 0 saturated carbocycles. The number of ether oxygens (including phenoxy) is 2. The summed E-state index contributed by atoms with van der Waals surface area (Å²) in [5, 5.41) is 0. The third kappa shape index (κ3) is 4.19. The minimum absolute atomic E-state index is 0.0101. The molecule has 2 fully saturated rings. The third-order valence-corrected chi connectivity index (χ3v) is 5.39. The number of piperidine rings is 1. The van der Waals surface area contributed by atoms with Crippen LogP contribution in [0.3, 0.4) is 0 Å². The van der Waals surface area contributed by atoms with Crippen LogP contribution in [0.15, 0.2) is 24.3 Å². The van der Waals surface area contributed by atoms with Gasteiger partial charge in [-0.05, 0) is 30.4 Å².